The number of hydrogen-bond acceptors (Lipinski definition) is 4. The molecule has 6 nitrogen and oxygen atoms in total. The standard InChI is InChI=1S/C19H17ClFN5O/c20-16-13-14(21)3-4-15(16)19(27)26-11-9-25(10-12-26)18-6-5-17(22-23-18)24-7-1-2-8-24/h1-8,13H,9-12H2. The van der Waals surface area contributed by atoms with E-state index in [0.717, 1.165) is 17.7 Å². The molecule has 27 heavy (non-hydrogen) atoms. The van der Waals surface area contributed by atoms with Crippen LogP contribution < -0.4 is 4.90 Å². The molecule has 0 atom stereocenters. The van der Waals surface area contributed by atoms with Crippen molar-refractivity contribution >= 4 is 23.3 Å². The second-order valence-corrected chi connectivity index (χ2v) is 6.65. The second-order valence-electron chi connectivity index (χ2n) is 6.24. The molecule has 0 spiro atoms. The first-order valence-electron chi connectivity index (χ1n) is 8.58. The van der Waals surface area contributed by atoms with E-state index in [0.29, 0.717) is 31.7 Å². The number of carbonyl (C=O) groups excluding carboxylic acids is 1. The van der Waals surface area contributed by atoms with E-state index in [9.17, 15) is 9.18 Å². The van der Waals surface area contributed by atoms with Crippen molar-refractivity contribution in [2.24, 2.45) is 0 Å². The van der Waals surface area contributed by atoms with Crippen molar-refractivity contribution in [1.29, 1.82) is 0 Å². The Balaban J connectivity index is 1.40. The van der Waals surface area contributed by atoms with Crippen LogP contribution in [0.4, 0.5) is 10.2 Å². The largest absolute Gasteiger partial charge is 0.352 e. The van der Waals surface area contributed by atoms with Crippen LogP contribution in [0.5, 0.6) is 0 Å². The maximum atomic E-state index is 13.2. The smallest absolute Gasteiger partial charge is 0.255 e. The molecular weight excluding hydrogens is 369 g/mol. The van der Waals surface area contributed by atoms with Gasteiger partial charge >= 0.3 is 0 Å². The number of piperazine rings is 1. The molecule has 0 unspecified atom stereocenters. The van der Waals surface area contributed by atoms with Gasteiger partial charge in [0, 0.05) is 38.6 Å². The highest BCUT2D eigenvalue weighted by Crippen LogP contribution is 2.21. The van der Waals surface area contributed by atoms with Crippen molar-refractivity contribution in [1.82, 2.24) is 19.7 Å². The van der Waals surface area contributed by atoms with E-state index in [1.54, 1.807) is 4.90 Å². The molecule has 0 bridgehead atoms. The zero-order chi connectivity index (χ0) is 18.8. The van der Waals surface area contributed by atoms with Crippen LogP contribution in [-0.4, -0.2) is 51.8 Å². The number of nitrogens with zero attached hydrogens (tertiary/aromatic N) is 5. The normalized spacial score (nSPS) is 14.4. The Morgan fingerprint density at radius 2 is 1.63 bits per heavy atom. The molecule has 1 aromatic carbocycles. The molecule has 8 heteroatoms. The van der Waals surface area contributed by atoms with Crippen molar-refractivity contribution in [3.05, 3.63) is 71.3 Å². The third-order valence-corrected chi connectivity index (χ3v) is 4.87. The van der Waals surface area contributed by atoms with Gasteiger partial charge in [-0.2, -0.15) is 0 Å². The maximum absolute atomic E-state index is 13.2. The van der Waals surface area contributed by atoms with Crippen LogP contribution in [0.2, 0.25) is 5.02 Å². The van der Waals surface area contributed by atoms with Gasteiger partial charge < -0.3 is 14.4 Å². The monoisotopic (exact) mass is 385 g/mol. The second kappa shape index (κ2) is 7.36. The van der Waals surface area contributed by atoms with E-state index in [1.807, 2.05) is 41.2 Å². The lowest BCUT2D eigenvalue weighted by Crippen LogP contribution is -2.49. The summed E-state index contributed by atoms with van der Waals surface area (Å²) in [5.41, 5.74) is 0.322. The first-order valence-corrected chi connectivity index (χ1v) is 8.96. The van der Waals surface area contributed by atoms with Crippen molar-refractivity contribution in [3.63, 3.8) is 0 Å². The molecule has 3 aromatic rings. The van der Waals surface area contributed by atoms with Crippen LogP contribution in [0.25, 0.3) is 5.82 Å². The van der Waals surface area contributed by atoms with E-state index >= 15 is 0 Å². The van der Waals surface area contributed by atoms with Crippen LogP contribution in [0.1, 0.15) is 10.4 Å². The summed E-state index contributed by atoms with van der Waals surface area (Å²) in [6.07, 6.45) is 3.82. The van der Waals surface area contributed by atoms with Crippen molar-refractivity contribution < 1.29 is 9.18 Å². The first kappa shape index (κ1) is 17.5. The molecule has 1 fully saturated rings. The predicted octanol–water partition coefficient (Wildman–Crippen LogP) is 3.02. The van der Waals surface area contributed by atoms with Crippen LogP contribution in [0, 0.1) is 5.82 Å². The lowest BCUT2D eigenvalue weighted by molar-refractivity contribution is 0.0746. The highest BCUT2D eigenvalue weighted by atomic mass is 35.5. The molecule has 1 aliphatic rings. The van der Waals surface area contributed by atoms with Gasteiger partial charge in [0.1, 0.15) is 5.82 Å². The van der Waals surface area contributed by atoms with Gasteiger partial charge in [-0.05, 0) is 42.5 Å². The zero-order valence-corrected chi connectivity index (χ0v) is 15.2. The van der Waals surface area contributed by atoms with Gasteiger partial charge in [0.2, 0.25) is 0 Å². The van der Waals surface area contributed by atoms with Gasteiger partial charge in [-0.1, -0.05) is 11.6 Å². The predicted molar refractivity (Wildman–Crippen MR) is 101 cm³/mol. The average molecular weight is 386 g/mol. The van der Waals surface area contributed by atoms with Gasteiger partial charge in [-0.25, -0.2) is 4.39 Å². The minimum Gasteiger partial charge on any atom is -0.352 e. The molecule has 2 aromatic heterocycles. The van der Waals surface area contributed by atoms with Gasteiger partial charge in [0.25, 0.3) is 5.91 Å². The number of amides is 1. The minimum absolute atomic E-state index is 0.133. The van der Waals surface area contributed by atoms with Crippen LogP contribution in [0.3, 0.4) is 0 Å². The summed E-state index contributed by atoms with van der Waals surface area (Å²) < 4.78 is 15.1. The zero-order valence-electron chi connectivity index (χ0n) is 14.4. The lowest BCUT2D eigenvalue weighted by atomic mass is 10.1. The molecule has 0 saturated carbocycles. The van der Waals surface area contributed by atoms with Crippen LogP contribution >= 0.6 is 11.6 Å². The van der Waals surface area contributed by atoms with E-state index in [1.165, 1.54) is 12.1 Å². The van der Waals surface area contributed by atoms with Gasteiger partial charge in [0.05, 0.1) is 10.6 Å². The van der Waals surface area contributed by atoms with Crippen molar-refractivity contribution in [2.45, 2.75) is 0 Å². The van der Waals surface area contributed by atoms with Crippen molar-refractivity contribution in [2.75, 3.05) is 31.1 Å². The topological polar surface area (TPSA) is 54.3 Å². The summed E-state index contributed by atoms with van der Waals surface area (Å²) in [5.74, 6) is 0.887. The summed E-state index contributed by atoms with van der Waals surface area (Å²) in [4.78, 5) is 16.4. The van der Waals surface area contributed by atoms with Crippen molar-refractivity contribution in [3.8, 4) is 5.82 Å². The highest BCUT2D eigenvalue weighted by Gasteiger charge is 2.24. The molecule has 0 N–H and O–H groups in total. The molecule has 0 aliphatic carbocycles. The number of carbonyl (C=O) groups is 1. The Bertz CT molecular complexity index is 937. The number of benzene rings is 1. The quantitative estimate of drug-likeness (QED) is 0.695. The summed E-state index contributed by atoms with van der Waals surface area (Å²) in [5, 5.41) is 8.69. The van der Waals surface area contributed by atoms with E-state index in [-0.39, 0.29) is 10.9 Å². The Morgan fingerprint density at radius 1 is 0.963 bits per heavy atom. The Morgan fingerprint density at radius 3 is 2.26 bits per heavy atom. The summed E-state index contributed by atoms with van der Waals surface area (Å²) in [7, 11) is 0. The number of hydrogen-bond donors (Lipinski definition) is 0. The van der Waals surface area contributed by atoms with Crippen LogP contribution in [0.15, 0.2) is 54.9 Å². The Hall–Kier alpha value is -2.93. The fourth-order valence-corrected chi connectivity index (χ4v) is 3.33. The first-order chi connectivity index (χ1) is 13.1. The SMILES string of the molecule is O=C(c1ccc(F)cc1Cl)N1CCN(c2ccc(-n3cccc3)nn2)CC1. The Labute approximate surface area is 160 Å². The molecular formula is C19H17ClFN5O. The van der Waals surface area contributed by atoms with E-state index in [2.05, 4.69) is 15.1 Å². The van der Waals surface area contributed by atoms with Gasteiger partial charge in [-0.15, -0.1) is 10.2 Å². The number of anilines is 1. The van der Waals surface area contributed by atoms with Crippen LogP contribution in [-0.2, 0) is 0 Å². The molecule has 1 saturated heterocycles. The number of rotatable bonds is 3. The van der Waals surface area contributed by atoms with Gasteiger partial charge in [-0.3, -0.25) is 4.79 Å². The third kappa shape index (κ3) is 3.64. The third-order valence-electron chi connectivity index (χ3n) is 4.56. The lowest BCUT2D eigenvalue weighted by Gasteiger charge is -2.35. The fraction of sp³-hybridized carbons (Fsp3) is 0.211. The highest BCUT2D eigenvalue weighted by molar-refractivity contribution is 6.33. The number of aromatic nitrogens is 3. The fourth-order valence-electron chi connectivity index (χ4n) is 3.08. The Kier molecular flexibility index (Phi) is 4.77. The molecule has 0 radical (unpaired) electrons. The minimum atomic E-state index is -0.455. The molecule has 1 amide bonds. The number of halogens is 2. The van der Waals surface area contributed by atoms with E-state index in [4.69, 9.17) is 11.6 Å². The van der Waals surface area contributed by atoms with E-state index < -0.39 is 5.82 Å². The molecule has 4 rings (SSSR count). The molecule has 138 valence electrons. The molecule has 1 aliphatic heterocycles. The molecule has 3 heterocycles. The summed E-state index contributed by atoms with van der Waals surface area (Å²) in [6, 6.07) is 11.5. The maximum Gasteiger partial charge on any atom is 0.255 e. The van der Waals surface area contributed by atoms with Gasteiger partial charge in [0.15, 0.2) is 11.6 Å². The summed E-state index contributed by atoms with van der Waals surface area (Å²) in [6.45, 7) is 2.35. The summed E-state index contributed by atoms with van der Waals surface area (Å²) >= 11 is 6.01. The average Bonchev–Trinajstić information content (AvgIpc) is 3.23.